The molecular weight excluding hydrogens is 224 g/mol. The lowest BCUT2D eigenvalue weighted by Gasteiger charge is -1.96. The molecule has 0 aliphatic rings. The Kier molecular flexibility index (Phi) is 3.82. The number of carbonyl (C=O) groups excluding carboxylic acids is 2. The van der Waals surface area contributed by atoms with Crippen molar-refractivity contribution in [3.05, 3.63) is 71.3 Å². The Hall–Kier alpha value is -2.48. The SMILES string of the molecule is O=CC(=O)c1ccc(/C=C/c2ccccc2)cc1. The first-order chi connectivity index (χ1) is 8.79. The molecular formula is C16H12O2. The predicted octanol–water partition coefficient (Wildman–Crippen LogP) is 3.24. The predicted molar refractivity (Wildman–Crippen MR) is 72.2 cm³/mol. The van der Waals surface area contributed by atoms with Gasteiger partial charge in [-0.05, 0) is 11.1 Å². The minimum absolute atomic E-state index is 0.328. The Balaban J connectivity index is 2.14. The third-order valence-corrected chi connectivity index (χ3v) is 2.57. The normalized spacial score (nSPS) is 10.4. The van der Waals surface area contributed by atoms with Gasteiger partial charge in [-0.25, -0.2) is 0 Å². The minimum atomic E-state index is -0.492. The Labute approximate surface area is 106 Å². The summed E-state index contributed by atoms with van der Waals surface area (Å²) in [6, 6.07) is 16.9. The second kappa shape index (κ2) is 5.73. The molecule has 2 nitrogen and oxygen atoms in total. The highest BCUT2D eigenvalue weighted by Crippen LogP contribution is 2.09. The van der Waals surface area contributed by atoms with E-state index in [-0.39, 0.29) is 0 Å². The summed E-state index contributed by atoms with van der Waals surface area (Å²) in [7, 11) is 0. The van der Waals surface area contributed by atoms with Crippen LogP contribution in [0.25, 0.3) is 12.2 Å². The molecule has 0 spiro atoms. The molecule has 0 N–H and O–H groups in total. The van der Waals surface area contributed by atoms with Crippen molar-refractivity contribution in [2.75, 3.05) is 0 Å². The van der Waals surface area contributed by atoms with Crippen LogP contribution in [-0.4, -0.2) is 12.1 Å². The maximum Gasteiger partial charge on any atom is 0.225 e. The van der Waals surface area contributed by atoms with Gasteiger partial charge in [0.15, 0.2) is 6.29 Å². The molecule has 0 bridgehead atoms. The van der Waals surface area contributed by atoms with E-state index < -0.39 is 5.78 Å². The highest BCUT2D eigenvalue weighted by molar-refractivity contribution is 6.33. The van der Waals surface area contributed by atoms with Gasteiger partial charge in [-0.2, -0.15) is 0 Å². The van der Waals surface area contributed by atoms with Crippen molar-refractivity contribution < 1.29 is 9.59 Å². The van der Waals surface area contributed by atoms with Crippen LogP contribution in [0, 0.1) is 0 Å². The smallest absolute Gasteiger partial charge is 0.225 e. The van der Waals surface area contributed by atoms with Gasteiger partial charge in [0.25, 0.3) is 0 Å². The van der Waals surface area contributed by atoms with E-state index in [0.29, 0.717) is 11.8 Å². The zero-order valence-corrected chi connectivity index (χ0v) is 9.74. The van der Waals surface area contributed by atoms with Crippen LogP contribution in [0.15, 0.2) is 54.6 Å². The van der Waals surface area contributed by atoms with Gasteiger partial charge in [-0.15, -0.1) is 0 Å². The number of hydrogen-bond donors (Lipinski definition) is 0. The van der Waals surface area contributed by atoms with Gasteiger partial charge < -0.3 is 0 Å². The van der Waals surface area contributed by atoms with Crippen LogP contribution in [0.3, 0.4) is 0 Å². The van der Waals surface area contributed by atoms with Crippen LogP contribution in [0.4, 0.5) is 0 Å². The van der Waals surface area contributed by atoms with Crippen LogP contribution >= 0.6 is 0 Å². The molecule has 0 fully saturated rings. The largest absolute Gasteiger partial charge is 0.294 e. The lowest BCUT2D eigenvalue weighted by atomic mass is 10.1. The van der Waals surface area contributed by atoms with Crippen molar-refractivity contribution in [2.24, 2.45) is 0 Å². The number of ketones is 1. The molecule has 0 radical (unpaired) electrons. The molecule has 0 unspecified atom stereocenters. The van der Waals surface area contributed by atoms with Crippen molar-refractivity contribution in [3.8, 4) is 0 Å². The third-order valence-electron chi connectivity index (χ3n) is 2.57. The highest BCUT2D eigenvalue weighted by Gasteiger charge is 2.01. The Morgan fingerprint density at radius 3 is 1.89 bits per heavy atom. The third kappa shape index (κ3) is 3.01. The monoisotopic (exact) mass is 236 g/mol. The molecule has 2 aromatic carbocycles. The number of hydrogen-bond acceptors (Lipinski definition) is 2. The maximum absolute atomic E-state index is 11.1. The lowest BCUT2D eigenvalue weighted by Crippen LogP contribution is -1.98. The van der Waals surface area contributed by atoms with E-state index in [2.05, 4.69) is 0 Å². The van der Waals surface area contributed by atoms with E-state index >= 15 is 0 Å². The fourth-order valence-corrected chi connectivity index (χ4v) is 1.58. The number of aldehydes is 1. The summed E-state index contributed by atoms with van der Waals surface area (Å²) < 4.78 is 0. The van der Waals surface area contributed by atoms with Gasteiger partial charge in [0.1, 0.15) is 0 Å². The van der Waals surface area contributed by atoms with Gasteiger partial charge in [-0.3, -0.25) is 9.59 Å². The zero-order chi connectivity index (χ0) is 12.8. The molecule has 0 saturated heterocycles. The van der Waals surface area contributed by atoms with Crippen molar-refractivity contribution in [1.29, 1.82) is 0 Å². The first kappa shape index (κ1) is 12.0. The number of benzene rings is 2. The number of carbonyl (C=O) groups is 2. The average Bonchev–Trinajstić information content (AvgIpc) is 2.46. The van der Waals surface area contributed by atoms with E-state index in [1.807, 2.05) is 54.6 Å². The molecule has 2 heteroatoms. The van der Waals surface area contributed by atoms with E-state index in [1.165, 1.54) is 0 Å². The van der Waals surface area contributed by atoms with Crippen LogP contribution in [0.5, 0.6) is 0 Å². The molecule has 88 valence electrons. The highest BCUT2D eigenvalue weighted by atomic mass is 16.2. The molecule has 0 aliphatic carbocycles. The van der Waals surface area contributed by atoms with Gasteiger partial charge in [0.2, 0.25) is 5.78 Å². The van der Waals surface area contributed by atoms with Gasteiger partial charge in [0.05, 0.1) is 0 Å². The lowest BCUT2D eigenvalue weighted by molar-refractivity contribution is -0.104. The van der Waals surface area contributed by atoms with Crippen molar-refractivity contribution >= 4 is 24.2 Å². The molecule has 0 saturated carbocycles. The number of Topliss-reactive ketones (excluding diaryl/α,β-unsaturated/α-hetero) is 1. The second-order valence-electron chi connectivity index (χ2n) is 3.85. The van der Waals surface area contributed by atoms with E-state index in [4.69, 9.17) is 0 Å². The van der Waals surface area contributed by atoms with Gasteiger partial charge in [-0.1, -0.05) is 66.7 Å². The minimum Gasteiger partial charge on any atom is -0.294 e. The first-order valence-electron chi connectivity index (χ1n) is 5.62. The van der Waals surface area contributed by atoms with Crippen LogP contribution in [0.1, 0.15) is 21.5 Å². The maximum atomic E-state index is 11.1. The van der Waals surface area contributed by atoms with E-state index in [9.17, 15) is 9.59 Å². The first-order valence-corrected chi connectivity index (χ1v) is 5.62. The van der Waals surface area contributed by atoms with E-state index in [1.54, 1.807) is 12.1 Å². The summed E-state index contributed by atoms with van der Waals surface area (Å²) in [6.45, 7) is 0. The van der Waals surface area contributed by atoms with E-state index in [0.717, 1.165) is 11.1 Å². The van der Waals surface area contributed by atoms with Crippen molar-refractivity contribution in [2.45, 2.75) is 0 Å². The summed E-state index contributed by atoms with van der Waals surface area (Å²) in [5.41, 5.74) is 2.52. The van der Waals surface area contributed by atoms with Crippen molar-refractivity contribution in [1.82, 2.24) is 0 Å². The second-order valence-corrected chi connectivity index (χ2v) is 3.85. The summed E-state index contributed by atoms with van der Waals surface area (Å²) in [6.07, 6.45) is 4.29. The molecule has 0 heterocycles. The fourth-order valence-electron chi connectivity index (χ4n) is 1.58. The van der Waals surface area contributed by atoms with Crippen molar-refractivity contribution in [3.63, 3.8) is 0 Å². The Bertz CT molecular complexity index is 566. The molecule has 2 aromatic rings. The van der Waals surface area contributed by atoms with Gasteiger partial charge >= 0.3 is 0 Å². The van der Waals surface area contributed by atoms with Crippen LogP contribution < -0.4 is 0 Å². The summed E-state index contributed by atoms with van der Waals surface area (Å²) in [5.74, 6) is -0.492. The van der Waals surface area contributed by atoms with Crippen LogP contribution in [0.2, 0.25) is 0 Å². The Morgan fingerprint density at radius 1 is 0.778 bits per heavy atom. The average molecular weight is 236 g/mol. The zero-order valence-electron chi connectivity index (χ0n) is 9.74. The molecule has 0 amide bonds. The Morgan fingerprint density at radius 2 is 1.33 bits per heavy atom. The summed E-state index contributed by atoms with van der Waals surface area (Å²) in [5, 5.41) is 0. The fraction of sp³-hybridized carbons (Fsp3) is 0. The molecule has 0 atom stereocenters. The number of rotatable bonds is 4. The quantitative estimate of drug-likeness (QED) is 0.353. The molecule has 0 aliphatic heterocycles. The standard InChI is InChI=1S/C16H12O2/c17-12-16(18)15-10-8-14(9-11-15)7-6-13-4-2-1-3-5-13/h1-12H/b7-6+. The van der Waals surface area contributed by atoms with Crippen LogP contribution in [-0.2, 0) is 4.79 Å². The molecule has 18 heavy (non-hydrogen) atoms. The summed E-state index contributed by atoms with van der Waals surface area (Å²) >= 11 is 0. The molecule has 2 rings (SSSR count). The van der Waals surface area contributed by atoms with Gasteiger partial charge in [0, 0.05) is 5.56 Å². The summed E-state index contributed by atoms with van der Waals surface area (Å²) in [4.78, 5) is 21.5. The molecule has 0 aromatic heterocycles. The topological polar surface area (TPSA) is 34.1 Å².